The van der Waals surface area contributed by atoms with Crippen molar-refractivity contribution in [3.05, 3.63) is 59.7 Å². The molecule has 0 saturated carbocycles. The Hall–Kier alpha value is -2.62. The van der Waals surface area contributed by atoms with Gasteiger partial charge in [-0.1, -0.05) is 39.5 Å². The maximum Gasteiger partial charge on any atom is 0.119 e. The van der Waals surface area contributed by atoms with E-state index >= 15 is 0 Å². The van der Waals surface area contributed by atoms with E-state index in [1.165, 1.54) is 12.8 Å². The molecule has 174 valence electrons. The molecule has 2 aromatic carbocycles. The molecule has 0 saturated heterocycles. The predicted molar refractivity (Wildman–Crippen MR) is 137 cm³/mol. The first-order chi connectivity index (χ1) is 15.8. The standard InChI is InChI=1S/C28H40N2O2/c1-3-5-21-31-27-15-11-25(12-16-27)23-29-19-9-7-8-10-20-30-24-26-13-17-28(18-14-26)32-22-6-4-2/h11-18,23-24H,3-10,19-22H2,1-2H3. The predicted octanol–water partition coefficient (Wildman–Crippen LogP) is 7.14. The minimum atomic E-state index is 0.789. The van der Waals surface area contributed by atoms with Gasteiger partial charge in [0.15, 0.2) is 0 Å². The molecule has 2 rings (SSSR count). The fourth-order valence-electron chi connectivity index (χ4n) is 3.07. The highest BCUT2D eigenvalue weighted by Gasteiger charge is 1.95. The first-order valence-electron chi connectivity index (χ1n) is 12.3. The maximum atomic E-state index is 5.69. The average molecular weight is 437 g/mol. The summed E-state index contributed by atoms with van der Waals surface area (Å²) < 4.78 is 11.4. The zero-order valence-electron chi connectivity index (χ0n) is 20.0. The van der Waals surface area contributed by atoms with Gasteiger partial charge in [-0.2, -0.15) is 0 Å². The van der Waals surface area contributed by atoms with Crippen LogP contribution in [0.3, 0.4) is 0 Å². The lowest BCUT2D eigenvalue weighted by atomic mass is 10.2. The largest absolute Gasteiger partial charge is 0.494 e. The van der Waals surface area contributed by atoms with Gasteiger partial charge >= 0.3 is 0 Å². The summed E-state index contributed by atoms with van der Waals surface area (Å²) in [5.74, 6) is 1.87. The molecule has 0 amide bonds. The molecule has 0 radical (unpaired) electrons. The van der Waals surface area contributed by atoms with E-state index in [-0.39, 0.29) is 0 Å². The van der Waals surface area contributed by atoms with Crippen molar-refractivity contribution in [2.24, 2.45) is 9.98 Å². The van der Waals surface area contributed by atoms with Crippen molar-refractivity contribution in [1.29, 1.82) is 0 Å². The van der Waals surface area contributed by atoms with E-state index < -0.39 is 0 Å². The second-order valence-corrected chi connectivity index (χ2v) is 8.03. The quantitative estimate of drug-likeness (QED) is 0.195. The summed E-state index contributed by atoms with van der Waals surface area (Å²) in [4.78, 5) is 9.09. The second kappa shape index (κ2) is 17.0. The smallest absolute Gasteiger partial charge is 0.119 e. The van der Waals surface area contributed by atoms with Gasteiger partial charge in [0.1, 0.15) is 11.5 Å². The van der Waals surface area contributed by atoms with E-state index in [0.29, 0.717) is 0 Å². The molecule has 0 fully saturated rings. The SMILES string of the molecule is CCCCOc1ccc(C=NCCCCCCN=Cc2ccc(OCCCC)cc2)cc1. The molecule has 2 aromatic rings. The van der Waals surface area contributed by atoms with Crippen LogP contribution in [0.5, 0.6) is 11.5 Å². The molecule has 0 aliphatic rings. The zero-order chi connectivity index (χ0) is 22.7. The fraction of sp³-hybridized carbons (Fsp3) is 0.500. The van der Waals surface area contributed by atoms with Crippen LogP contribution in [0.1, 0.15) is 76.3 Å². The van der Waals surface area contributed by atoms with Crippen LogP contribution < -0.4 is 9.47 Å². The normalized spacial score (nSPS) is 11.4. The summed E-state index contributed by atoms with van der Waals surface area (Å²) >= 11 is 0. The van der Waals surface area contributed by atoms with Crippen molar-refractivity contribution in [3.63, 3.8) is 0 Å². The summed E-state index contributed by atoms with van der Waals surface area (Å²) in [6.07, 6.45) is 13.1. The van der Waals surface area contributed by atoms with Crippen LogP contribution in [0, 0.1) is 0 Å². The molecule has 0 N–H and O–H groups in total. The fourth-order valence-corrected chi connectivity index (χ4v) is 3.07. The number of hydrogen-bond donors (Lipinski definition) is 0. The maximum absolute atomic E-state index is 5.69. The molecular formula is C28H40N2O2. The Balaban J connectivity index is 1.50. The van der Waals surface area contributed by atoms with Gasteiger partial charge in [0.05, 0.1) is 13.2 Å². The third-order valence-corrected chi connectivity index (χ3v) is 5.10. The first kappa shape index (κ1) is 25.6. The molecule has 4 heteroatoms. The van der Waals surface area contributed by atoms with Crippen molar-refractivity contribution in [3.8, 4) is 11.5 Å². The number of hydrogen-bond acceptors (Lipinski definition) is 4. The van der Waals surface area contributed by atoms with Crippen molar-refractivity contribution in [2.75, 3.05) is 26.3 Å². The van der Waals surface area contributed by atoms with E-state index in [4.69, 9.17) is 9.47 Å². The Bertz CT molecular complexity index is 700. The topological polar surface area (TPSA) is 43.2 Å². The molecule has 0 bridgehead atoms. The molecule has 0 aliphatic carbocycles. The lowest BCUT2D eigenvalue weighted by molar-refractivity contribution is 0.309. The van der Waals surface area contributed by atoms with Crippen molar-refractivity contribution < 1.29 is 9.47 Å². The van der Waals surface area contributed by atoms with E-state index in [2.05, 4.69) is 48.1 Å². The molecule has 0 unspecified atom stereocenters. The van der Waals surface area contributed by atoms with E-state index in [0.717, 1.165) is 87.5 Å². The van der Waals surface area contributed by atoms with Crippen LogP contribution in [0.4, 0.5) is 0 Å². The summed E-state index contributed by atoms with van der Waals surface area (Å²) in [6, 6.07) is 16.3. The van der Waals surface area contributed by atoms with E-state index in [9.17, 15) is 0 Å². The summed E-state index contributed by atoms with van der Waals surface area (Å²) in [5.41, 5.74) is 2.26. The molecule has 0 aromatic heterocycles. The number of benzene rings is 2. The molecule has 0 spiro atoms. The monoisotopic (exact) mass is 436 g/mol. The summed E-state index contributed by atoms with van der Waals surface area (Å²) in [7, 11) is 0. The third-order valence-electron chi connectivity index (χ3n) is 5.10. The summed E-state index contributed by atoms with van der Waals surface area (Å²) in [5, 5.41) is 0. The van der Waals surface area contributed by atoms with Crippen LogP contribution >= 0.6 is 0 Å². The first-order valence-corrected chi connectivity index (χ1v) is 12.3. The number of nitrogens with zero attached hydrogens (tertiary/aromatic N) is 2. The third kappa shape index (κ3) is 11.7. The van der Waals surface area contributed by atoms with E-state index in [1.807, 2.05) is 36.7 Å². The van der Waals surface area contributed by atoms with Crippen molar-refractivity contribution in [2.45, 2.75) is 65.2 Å². The van der Waals surface area contributed by atoms with Crippen molar-refractivity contribution in [1.82, 2.24) is 0 Å². The van der Waals surface area contributed by atoms with Gasteiger partial charge in [0.25, 0.3) is 0 Å². The zero-order valence-corrected chi connectivity index (χ0v) is 20.0. The number of ether oxygens (including phenoxy) is 2. The minimum absolute atomic E-state index is 0.789. The van der Waals surface area contributed by atoms with Gasteiger partial charge in [-0.15, -0.1) is 0 Å². The molecular weight excluding hydrogens is 396 g/mol. The Morgan fingerprint density at radius 1 is 0.562 bits per heavy atom. The van der Waals surface area contributed by atoms with Crippen LogP contribution in [-0.4, -0.2) is 38.7 Å². The van der Waals surface area contributed by atoms with Gasteiger partial charge in [0, 0.05) is 25.5 Å². The Morgan fingerprint density at radius 2 is 0.969 bits per heavy atom. The van der Waals surface area contributed by atoms with Crippen LogP contribution in [0.25, 0.3) is 0 Å². The molecule has 32 heavy (non-hydrogen) atoms. The summed E-state index contributed by atoms with van der Waals surface area (Å²) in [6.45, 7) is 7.68. The lowest BCUT2D eigenvalue weighted by Crippen LogP contribution is -1.96. The lowest BCUT2D eigenvalue weighted by Gasteiger charge is -2.05. The van der Waals surface area contributed by atoms with Crippen LogP contribution in [0.15, 0.2) is 58.5 Å². The highest BCUT2D eigenvalue weighted by molar-refractivity contribution is 5.80. The highest BCUT2D eigenvalue weighted by atomic mass is 16.5. The Morgan fingerprint density at radius 3 is 1.34 bits per heavy atom. The molecule has 0 atom stereocenters. The number of aliphatic imine (C=N–C) groups is 2. The molecule has 0 heterocycles. The van der Waals surface area contributed by atoms with Crippen molar-refractivity contribution >= 4 is 12.4 Å². The Kier molecular flexibility index (Phi) is 13.6. The van der Waals surface area contributed by atoms with Gasteiger partial charge in [-0.3, -0.25) is 9.98 Å². The molecule has 0 aliphatic heterocycles. The average Bonchev–Trinajstić information content (AvgIpc) is 2.82. The highest BCUT2D eigenvalue weighted by Crippen LogP contribution is 2.13. The van der Waals surface area contributed by atoms with Crippen LogP contribution in [0.2, 0.25) is 0 Å². The van der Waals surface area contributed by atoms with Gasteiger partial charge in [-0.25, -0.2) is 0 Å². The minimum Gasteiger partial charge on any atom is -0.494 e. The second-order valence-electron chi connectivity index (χ2n) is 8.03. The van der Waals surface area contributed by atoms with Gasteiger partial charge in [-0.05, 0) is 85.3 Å². The Labute approximate surface area is 194 Å². The number of rotatable bonds is 17. The van der Waals surface area contributed by atoms with Gasteiger partial charge < -0.3 is 9.47 Å². The number of unbranched alkanes of at least 4 members (excludes halogenated alkanes) is 5. The van der Waals surface area contributed by atoms with Gasteiger partial charge in [0.2, 0.25) is 0 Å². The molecule has 4 nitrogen and oxygen atoms in total. The van der Waals surface area contributed by atoms with Crippen LogP contribution in [-0.2, 0) is 0 Å². The van der Waals surface area contributed by atoms with E-state index in [1.54, 1.807) is 0 Å².